The van der Waals surface area contributed by atoms with Gasteiger partial charge in [0.25, 0.3) is 0 Å². The second kappa shape index (κ2) is 7.56. The van der Waals surface area contributed by atoms with E-state index < -0.39 is 0 Å². The second-order valence-electron chi connectivity index (χ2n) is 8.41. The lowest BCUT2D eigenvalue weighted by atomic mass is 10.1. The van der Waals surface area contributed by atoms with Gasteiger partial charge in [0.05, 0.1) is 18.8 Å². The van der Waals surface area contributed by atoms with Gasteiger partial charge in [0.15, 0.2) is 5.58 Å². The zero-order chi connectivity index (χ0) is 21.7. The fraction of sp³-hybridized carbons (Fsp3) is 0.333. The van der Waals surface area contributed by atoms with Crippen LogP contribution in [0.3, 0.4) is 0 Å². The lowest BCUT2D eigenvalue weighted by molar-refractivity contribution is -0.117. The van der Waals surface area contributed by atoms with Crippen LogP contribution in [0.5, 0.6) is 0 Å². The monoisotopic (exact) mass is 429 g/mol. The number of fused-ring (bicyclic) bond motifs is 2. The van der Waals surface area contributed by atoms with Crippen molar-refractivity contribution in [2.24, 2.45) is 5.92 Å². The molecule has 0 unspecified atom stereocenters. The van der Waals surface area contributed by atoms with Crippen LogP contribution in [-0.2, 0) is 9.53 Å². The van der Waals surface area contributed by atoms with Crippen LogP contribution < -0.4 is 10.2 Å². The van der Waals surface area contributed by atoms with Crippen molar-refractivity contribution in [3.8, 4) is 11.5 Å². The minimum absolute atomic E-state index is 0.0293. The Hall–Kier alpha value is -3.52. The van der Waals surface area contributed by atoms with E-state index in [0.29, 0.717) is 11.7 Å². The number of rotatable bonds is 4. The van der Waals surface area contributed by atoms with E-state index in [1.165, 1.54) is 0 Å². The summed E-state index contributed by atoms with van der Waals surface area (Å²) in [6, 6.07) is 7.96. The van der Waals surface area contributed by atoms with E-state index in [-0.39, 0.29) is 11.8 Å². The average Bonchev–Trinajstić information content (AvgIpc) is 3.59. The molecule has 4 heterocycles. The first kappa shape index (κ1) is 19.2. The Morgan fingerprint density at radius 2 is 1.94 bits per heavy atom. The maximum atomic E-state index is 12.2. The van der Waals surface area contributed by atoms with Gasteiger partial charge in [0.2, 0.25) is 11.8 Å². The van der Waals surface area contributed by atoms with Crippen LogP contribution in [0.1, 0.15) is 18.5 Å². The van der Waals surface area contributed by atoms with Crippen LogP contribution in [0.4, 0.5) is 11.5 Å². The van der Waals surface area contributed by atoms with Crippen LogP contribution in [0, 0.1) is 12.8 Å². The topological polar surface area (TPSA) is 93.4 Å². The molecule has 2 fully saturated rings. The number of aromatic nitrogens is 3. The van der Waals surface area contributed by atoms with Crippen molar-refractivity contribution >= 4 is 39.3 Å². The Morgan fingerprint density at radius 3 is 2.75 bits per heavy atom. The molecule has 1 aliphatic heterocycles. The molecule has 4 aromatic rings. The Balaban J connectivity index is 1.40. The van der Waals surface area contributed by atoms with Crippen LogP contribution in [0.25, 0.3) is 33.3 Å². The fourth-order valence-corrected chi connectivity index (χ4v) is 4.13. The molecule has 1 amide bonds. The molecule has 8 nitrogen and oxygen atoms in total. The summed E-state index contributed by atoms with van der Waals surface area (Å²) in [5.74, 6) is 1.18. The van der Waals surface area contributed by atoms with E-state index >= 15 is 0 Å². The number of amides is 1. The average molecular weight is 429 g/mol. The number of carbonyl (C=O) groups excluding carboxylic acids is 1. The van der Waals surface area contributed by atoms with Crippen molar-refractivity contribution in [2.45, 2.75) is 19.8 Å². The highest BCUT2D eigenvalue weighted by molar-refractivity contribution is 6.00. The normalized spacial score (nSPS) is 16.6. The molecule has 0 atom stereocenters. The summed E-state index contributed by atoms with van der Waals surface area (Å²) in [5.41, 5.74) is 4.28. The van der Waals surface area contributed by atoms with Gasteiger partial charge in [-0.1, -0.05) is 0 Å². The SMILES string of the molecule is Cc1ncc(-c2nc3cc(N4CCOCC4)ccc3o2)c2cc(NC(=O)C3CC3)ncc12. The Morgan fingerprint density at radius 1 is 1.09 bits per heavy atom. The number of carbonyl (C=O) groups is 1. The highest BCUT2D eigenvalue weighted by Gasteiger charge is 2.30. The molecule has 6 rings (SSSR count). The first-order chi connectivity index (χ1) is 15.7. The molecule has 1 saturated carbocycles. The number of hydrogen-bond donors (Lipinski definition) is 1. The van der Waals surface area contributed by atoms with Crippen molar-refractivity contribution in [2.75, 3.05) is 36.5 Å². The minimum Gasteiger partial charge on any atom is -0.436 e. The second-order valence-corrected chi connectivity index (χ2v) is 8.41. The summed E-state index contributed by atoms with van der Waals surface area (Å²) in [7, 11) is 0. The summed E-state index contributed by atoms with van der Waals surface area (Å²) >= 11 is 0. The first-order valence-electron chi connectivity index (χ1n) is 11.0. The van der Waals surface area contributed by atoms with E-state index in [2.05, 4.69) is 32.3 Å². The summed E-state index contributed by atoms with van der Waals surface area (Å²) in [6.45, 7) is 5.14. The molecule has 1 N–H and O–H groups in total. The van der Waals surface area contributed by atoms with E-state index in [1.807, 2.05) is 19.1 Å². The molecule has 0 spiro atoms. The van der Waals surface area contributed by atoms with E-state index in [9.17, 15) is 4.79 Å². The van der Waals surface area contributed by atoms with Gasteiger partial charge in [-0.25, -0.2) is 9.97 Å². The van der Waals surface area contributed by atoms with Crippen molar-refractivity contribution in [1.29, 1.82) is 0 Å². The van der Waals surface area contributed by atoms with Gasteiger partial charge in [-0.3, -0.25) is 9.78 Å². The number of nitrogens with zero attached hydrogens (tertiary/aromatic N) is 4. The standard InChI is InChI=1S/C24H23N5O3/c1-14-18-12-26-22(28-23(30)15-2-3-15)11-17(18)19(13-25-14)24-27-20-10-16(4-5-21(20)32-24)29-6-8-31-9-7-29/h4-5,10-13,15H,2-3,6-9H2,1H3,(H,26,28,30). The van der Waals surface area contributed by atoms with Crippen LogP contribution >= 0.6 is 0 Å². The number of ether oxygens (including phenoxy) is 1. The molecule has 8 heteroatoms. The fourth-order valence-electron chi connectivity index (χ4n) is 4.13. The van der Waals surface area contributed by atoms with Crippen LogP contribution in [0.2, 0.25) is 0 Å². The summed E-state index contributed by atoms with van der Waals surface area (Å²) < 4.78 is 11.6. The number of nitrogens with one attached hydrogen (secondary N) is 1. The molecule has 3 aromatic heterocycles. The van der Waals surface area contributed by atoms with Gasteiger partial charge in [0.1, 0.15) is 11.3 Å². The number of pyridine rings is 2. The summed E-state index contributed by atoms with van der Waals surface area (Å²) in [6.07, 6.45) is 5.42. The molecule has 1 saturated heterocycles. The highest BCUT2D eigenvalue weighted by atomic mass is 16.5. The maximum absolute atomic E-state index is 12.2. The van der Waals surface area contributed by atoms with Gasteiger partial charge < -0.3 is 19.4 Å². The third-order valence-electron chi connectivity index (χ3n) is 6.15. The minimum atomic E-state index is 0.0293. The molecule has 2 aliphatic rings. The van der Waals surface area contributed by atoms with E-state index in [4.69, 9.17) is 14.1 Å². The summed E-state index contributed by atoms with van der Waals surface area (Å²) in [5, 5.41) is 4.73. The predicted molar refractivity (Wildman–Crippen MR) is 122 cm³/mol. The molecule has 0 radical (unpaired) electrons. The zero-order valence-corrected chi connectivity index (χ0v) is 17.8. The van der Waals surface area contributed by atoms with Crippen molar-refractivity contribution in [3.05, 3.63) is 42.4 Å². The predicted octanol–water partition coefficient (Wildman–Crippen LogP) is 3.93. The van der Waals surface area contributed by atoms with E-state index in [1.54, 1.807) is 12.4 Å². The summed E-state index contributed by atoms with van der Waals surface area (Å²) in [4.78, 5) is 28.2. The molecule has 1 aromatic carbocycles. The maximum Gasteiger partial charge on any atom is 0.229 e. The van der Waals surface area contributed by atoms with E-state index in [0.717, 1.165) is 78.0 Å². The smallest absolute Gasteiger partial charge is 0.229 e. The van der Waals surface area contributed by atoms with Gasteiger partial charge in [0, 0.05) is 53.6 Å². The number of aryl methyl sites for hydroxylation is 1. The number of morpholine rings is 1. The van der Waals surface area contributed by atoms with Gasteiger partial charge in [-0.2, -0.15) is 0 Å². The highest BCUT2D eigenvalue weighted by Crippen LogP contribution is 2.34. The quantitative estimate of drug-likeness (QED) is 0.525. The number of hydrogen-bond acceptors (Lipinski definition) is 7. The van der Waals surface area contributed by atoms with Crippen molar-refractivity contribution < 1.29 is 13.9 Å². The Kier molecular flexibility index (Phi) is 4.53. The molecule has 32 heavy (non-hydrogen) atoms. The number of oxazole rings is 1. The van der Waals surface area contributed by atoms with Crippen molar-refractivity contribution in [1.82, 2.24) is 15.0 Å². The first-order valence-corrected chi connectivity index (χ1v) is 11.0. The number of benzene rings is 1. The molecule has 0 bridgehead atoms. The lowest BCUT2D eigenvalue weighted by Crippen LogP contribution is -2.36. The van der Waals surface area contributed by atoms with Crippen LogP contribution in [-0.4, -0.2) is 47.2 Å². The third-order valence-corrected chi connectivity index (χ3v) is 6.15. The Labute approximate surface area is 184 Å². The molecular formula is C24H23N5O3. The van der Waals surface area contributed by atoms with Gasteiger partial charge >= 0.3 is 0 Å². The van der Waals surface area contributed by atoms with Crippen molar-refractivity contribution in [3.63, 3.8) is 0 Å². The molecular weight excluding hydrogens is 406 g/mol. The largest absolute Gasteiger partial charge is 0.436 e. The molecule has 1 aliphatic carbocycles. The third kappa shape index (κ3) is 3.46. The lowest BCUT2D eigenvalue weighted by Gasteiger charge is -2.28. The Bertz CT molecular complexity index is 1340. The zero-order valence-electron chi connectivity index (χ0n) is 17.8. The van der Waals surface area contributed by atoms with Crippen LogP contribution in [0.15, 0.2) is 41.1 Å². The van der Waals surface area contributed by atoms with Gasteiger partial charge in [-0.05, 0) is 44.0 Å². The van der Waals surface area contributed by atoms with Gasteiger partial charge in [-0.15, -0.1) is 0 Å². The number of anilines is 2. The molecule has 162 valence electrons.